The maximum Gasteiger partial charge on any atom is 0.128 e. The lowest BCUT2D eigenvalue weighted by Crippen LogP contribution is -2.20. The molecule has 0 heterocycles. The van der Waals surface area contributed by atoms with Crippen molar-refractivity contribution in [2.45, 2.75) is 45.6 Å². The van der Waals surface area contributed by atoms with Crippen molar-refractivity contribution in [2.24, 2.45) is 11.8 Å². The van der Waals surface area contributed by atoms with Crippen molar-refractivity contribution < 1.29 is 4.39 Å². The van der Waals surface area contributed by atoms with Gasteiger partial charge < -0.3 is 5.32 Å². The molecule has 0 saturated carbocycles. The minimum absolute atomic E-state index is 0.0918. The van der Waals surface area contributed by atoms with Crippen molar-refractivity contribution in [1.29, 1.82) is 0 Å². The van der Waals surface area contributed by atoms with E-state index < -0.39 is 0 Å². The molecule has 0 bridgehead atoms. The van der Waals surface area contributed by atoms with Gasteiger partial charge >= 0.3 is 0 Å². The van der Waals surface area contributed by atoms with E-state index in [1.54, 1.807) is 23.9 Å². The van der Waals surface area contributed by atoms with E-state index in [0.29, 0.717) is 18.4 Å². The van der Waals surface area contributed by atoms with Gasteiger partial charge in [-0.2, -0.15) is 0 Å². The van der Waals surface area contributed by atoms with Crippen molar-refractivity contribution >= 4 is 11.8 Å². The molecule has 1 aromatic rings. The van der Waals surface area contributed by atoms with Gasteiger partial charge in [-0.05, 0) is 42.7 Å². The van der Waals surface area contributed by atoms with Gasteiger partial charge in [0.05, 0.1) is 0 Å². The third kappa shape index (κ3) is 6.44. The molecule has 0 spiro atoms. The molecule has 0 fully saturated rings. The number of halogens is 1. The molecule has 0 radical (unpaired) electrons. The summed E-state index contributed by atoms with van der Waals surface area (Å²) in [5, 5.41) is 3.33. The van der Waals surface area contributed by atoms with Crippen molar-refractivity contribution in [3.63, 3.8) is 0 Å². The molecule has 0 amide bonds. The van der Waals surface area contributed by atoms with Gasteiger partial charge in [-0.15, -0.1) is 11.8 Å². The molecule has 1 rings (SSSR count). The van der Waals surface area contributed by atoms with E-state index in [2.05, 4.69) is 33.0 Å². The number of hydrogen-bond acceptors (Lipinski definition) is 2. The van der Waals surface area contributed by atoms with E-state index >= 15 is 0 Å². The van der Waals surface area contributed by atoms with Gasteiger partial charge in [0.2, 0.25) is 0 Å². The molecule has 0 aliphatic rings. The third-order valence-electron chi connectivity index (χ3n) is 2.88. The van der Waals surface area contributed by atoms with E-state index in [1.165, 1.54) is 6.42 Å². The lowest BCUT2D eigenvalue weighted by molar-refractivity contribution is 0.530. The van der Waals surface area contributed by atoms with Gasteiger partial charge in [0.25, 0.3) is 0 Å². The number of hydrogen-bond donors (Lipinski definition) is 1. The molecular formula is C16H26FNS. The molecule has 1 aromatic carbocycles. The molecule has 0 atom stereocenters. The smallest absolute Gasteiger partial charge is 0.128 e. The summed E-state index contributed by atoms with van der Waals surface area (Å²) in [5.41, 5.74) is 0.817. The highest BCUT2D eigenvalue weighted by atomic mass is 32.2. The Balaban J connectivity index is 2.61. The normalized spacial score (nSPS) is 11.5. The Morgan fingerprint density at radius 1 is 1.16 bits per heavy atom. The fourth-order valence-electron chi connectivity index (χ4n) is 1.74. The lowest BCUT2D eigenvalue weighted by atomic mass is 10.2. The van der Waals surface area contributed by atoms with Crippen LogP contribution in [0.4, 0.5) is 4.39 Å². The van der Waals surface area contributed by atoms with Crippen LogP contribution in [0, 0.1) is 17.7 Å². The summed E-state index contributed by atoms with van der Waals surface area (Å²) in [6.07, 6.45) is 1.17. The maximum absolute atomic E-state index is 13.9. The highest BCUT2D eigenvalue weighted by molar-refractivity contribution is 7.99. The summed E-state index contributed by atoms with van der Waals surface area (Å²) in [4.78, 5) is 1.08. The fourth-order valence-corrected chi connectivity index (χ4v) is 3.06. The predicted octanol–water partition coefficient (Wildman–Crippen LogP) is 4.71. The lowest BCUT2D eigenvalue weighted by Gasteiger charge is -2.13. The molecule has 0 aliphatic carbocycles. The van der Waals surface area contributed by atoms with Crippen LogP contribution in [0.5, 0.6) is 0 Å². The minimum atomic E-state index is -0.0918. The van der Waals surface area contributed by atoms with Crippen LogP contribution in [-0.2, 0) is 6.54 Å². The second-order valence-electron chi connectivity index (χ2n) is 5.77. The Bertz CT molecular complexity index is 377. The first-order valence-corrected chi connectivity index (χ1v) is 8.10. The summed E-state index contributed by atoms with van der Waals surface area (Å²) in [7, 11) is 0. The number of benzene rings is 1. The second kappa shape index (κ2) is 8.60. The second-order valence-corrected chi connectivity index (χ2v) is 6.91. The molecule has 0 aromatic heterocycles. The highest BCUT2D eigenvalue weighted by Gasteiger charge is 2.09. The van der Waals surface area contributed by atoms with Gasteiger partial charge in [-0.3, -0.25) is 0 Å². The first kappa shape index (κ1) is 16.5. The van der Waals surface area contributed by atoms with Crippen LogP contribution < -0.4 is 5.32 Å². The summed E-state index contributed by atoms with van der Waals surface area (Å²) < 4.78 is 13.9. The maximum atomic E-state index is 13.9. The van der Waals surface area contributed by atoms with E-state index in [1.807, 2.05) is 6.07 Å². The average Bonchev–Trinajstić information content (AvgIpc) is 2.31. The quantitative estimate of drug-likeness (QED) is 0.693. The number of rotatable bonds is 8. The van der Waals surface area contributed by atoms with Crippen LogP contribution in [0.2, 0.25) is 0 Å². The Morgan fingerprint density at radius 3 is 2.53 bits per heavy atom. The topological polar surface area (TPSA) is 12.0 Å². The largest absolute Gasteiger partial charge is 0.312 e. The Morgan fingerprint density at radius 2 is 1.89 bits per heavy atom. The SMILES string of the molecule is CC(C)CCSc1cccc(F)c1CNCC(C)C. The standard InChI is InChI=1S/C16H26FNS/c1-12(2)8-9-19-16-7-5-6-15(17)14(16)11-18-10-13(3)4/h5-7,12-13,18H,8-11H2,1-4H3. The first-order chi connectivity index (χ1) is 9.00. The van der Waals surface area contributed by atoms with Crippen molar-refractivity contribution in [2.75, 3.05) is 12.3 Å². The summed E-state index contributed by atoms with van der Waals surface area (Å²) in [6.45, 7) is 10.3. The van der Waals surface area contributed by atoms with Crippen LogP contribution in [0.15, 0.2) is 23.1 Å². The van der Waals surface area contributed by atoms with Crippen LogP contribution in [0.25, 0.3) is 0 Å². The number of nitrogens with one attached hydrogen (secondary N) is 1. The summed E-state index contributed by atoms with van der Waals surface area (Å²) in [5.74, 6) is 2.25. The highest BCUT2D eigenvalue weighted by Crippen LogP contribution is 2.26. The summed E-state index contributed by atoms with van der Waals surface area (Å²) >= 11 is 1.77. The average molecular weight is 283 g/mol. The molecule has 3 heteroatoms. The van der Waals surface area contributed by atoms with Gasteiger partial charge in [0.1, 0.15) is 5.82 Å². The predicted molar refractivity (Wildman–Crippen MR) is 83.1 cm³/mol. The van der Waals surface area contributed by atoms with E-state index in [9.17, 15) is 4.39 Å². The van der Waals surface area contributed by atoms with E-state index in [-0.39, 0.29) is 5.82 Å². The van der Waals surface area contributed by atoms with Crippen molar-refractivity contribution in [1.82, 2.24) is 5.32 Å². The van der Waals surface area contributed by atoms with Crippen LogP contribution in [0.3, 0.4) is 0 Å². The van der Waals surface area contributed by atoms with Gasteiger partial charge in [-0.1, -0.05) is 33.8 Å². The molecule has 0 saturated heterocycles. The zero-order valence-electron chi connectivity index (χ0n) is 12.5. The molecule has 1 N–H and O–H groups in total. The molecule has 19 heavy (non-hydrogen) atoms. The van der Waals surface area contributed by atoms with Gasteiger partial charge in [-0.25, -0.2) is 4.39 Å². The van der Waals surface area contributed by atoms with Crippen LogP contribution >= 0.6 is 11.8 Å². The first-order valence-electron chi connectivity index (χ1n) is 7.11. The fraction of sp³-hybridized carbons (Fsp3) is 0.625. The third-order valence-corrected chi connectivity index (χ3v) is 4.02. The Hall–Kier alpha value is -0.540. The molecule has 108 valence electrons. The molecule has 0 aliphatic heterocycles. The van der Waals surface area contributed by atoms with E-state index in [0.717, 1.165) is 22.8 Å². The monoisotopic (exact) mass is 283 g/mol. The van der Waals surface area contributed by atoms with Crippen LogP contribution in [-0.4, -0.2) is 12.3 Å². The zero-order valence-corrected chi connectivity index (χ0v) is 13.3. The summed E-state index contributed by atoms with van der Waals surface area (Å²) in [6, 6.07) is 5.39. The molecular weight excluding hydrogens is 257 g/mol. The Kier molecular flexibility index (Phi) is 7.47. The van der Waals surface area contributed by atoms with Crippen molar-refractivity contribution in [3.05, 3.63) is 29.6 Å². The molecule has 0 unspecified atom stereocenters. The minimum Gasteiger partial charge on any atom is -0.312 e. The number of thioether (sulfide) groups is 1. The molecule has 1 nitrogen and oxygen atoms in total. The zero-order chi connectivity index (χ0) is 14.3. The Labute approximate surface area is 121 Å². The van der Waals surface area contributed by atoms with Gasteiger partial charge in [0.15, 0.2) is 0 Å². The van der Waals surface area contributed by atoms with Gasteiger partial charge in [0, 0.05) is 17.0 Å². The van der Waals surface area contributed by atoms with E-state index in [4.69, 9.17) is 0 Å². The van der Waals surface area contributed by atoms with Crippen LogP contribution in [0.1, 0.15) is 39.7 Å². The van der Waals surface area contributed by atoms with Crippen molar-refractivity contribution in [3.8, 4) is 0 Å².